The van der Waals surface area contributed by atoms with Gasteiger partial charge in [0.25, 0.3) is 5.91 Å². The van der Waals surface area contributed by atoms with Crippen LogP contribution in [0.1, 0.15) is 21.5 Å². The Balaban J connectivity index is 1.49. The second-order valence-electron chi connectivity index (χ2n) is 6.04. The molecule has 126 valence electrons. The van der Waals surface area contributed by atoms with Gasteiger partial charge in [-0.15, -0.1) is 0 Å². The van der Waals surface area contributed by atoms with Crippen LogP contribution in [-0.4, -0.2) is 36.0 Å². The molecule has 1 heterocycles. The van der Waals surface area contributed by atoms with Crippen molar-refractivity contribution in [2.24, 2.45) is 0 Å². The van der Waals surface area contributed by atoms with Crippen molar-refractivity contribution < 1.29 is 9.00 Å². The second kappa shape index (κ2) is 7.62. The minimum atomic E-state index is -0.972. The van der Waals surface area contributed by atoms with E-state index in [0.29, 0.717) is 23.6 Å². The molecular weight excluding hydrogens is 320 g/mol. The van der Waals surface area contributed by atoms with Gasteiger partial charge in [-0.1, -0.05) is 36.4 Å². The first kappa shape index (κ1) is 16.7. The summed E-state index contributed by atoms with van der Waals surface area (Å²) in [6, 6.07) is 15.6. The predicted molar refractivity (Wildman–Crippen MR) is 98.9 cm³/mol. The van der Waals surface area contributed by atoms with Crippen molar-refractivity contribution in [2.45, 2.75) is 12.2 Å². The lowest BCUT2D eigenvalue weighted by Gasteiger charge is -2.13. The lowest BCUT2D eigenvalue weighted by Crippen LogP contribution is -2.28. The van der Waals surface area contributed by atoms with Gasteiger partial charge in [0.2, 0.25) is 0 Å². The monoisotopic (exact) mass is 342 g/mol. The molecule has 1 aliphatic heterocycles. The van der Waals surface area contributed by atoms with Crippen LogP contribution in [0.2, 0.25) is 0 Å². The van der Waals surface area contributed by atoms with E-state index in [1.54, 1.807) is 0 Å². The zero-order valence-corrected chi connectivity index (χ0v) is 14.6. The highest BCUT2D eigenvalue weighted by Crippen LogP contribution is 2.27. The van der Waals surface area contributed by atoms with Crippen LogP contribution in [0.25, 0.3) is 0 Å². The Bertz CT molecular complexity index is 746. The molecule has 1 aliphatic rings. The number of nitrogens with zero attached hydrogens (tertiary/aromatic N) is 1. The molecule has 0 fully saturated rings. The largest absolute Gasteiger partial charge is 0.374 e. The van der Waals surface area contributed by atoms with Crippen LogP contribution in [0.15, 0.2) is 48.5 Å². The Hall–Kier alpha value is -2.14. The minimum Gasteiger partial charge on any atom is -0.374 e. The normalized spacial score (nSPS) is 14.3. The average Bonchev–Trinajstić information content (AvgIpc) is 2.96. The highest BCUT2D eigenvalue weighted by Gasteiger charge is 2.17. The summed E-state index contributed by atoms with van der Waals surface area (Å²) in [7, 11) is 1.07. The molecule has 0 spiro atoms. The van der Waals surface area contributed by atoms with E-state index >= 15 is 0 Å². The number of carbonyl (C=O) groups excluding carboxylic acids is 1. The van der Waals surface area contributed by atoms with E-state index in [0.717, 1.165) is 24.2 Å². The van der Waals surface area contributed by atoms with Gasteiger partial charge in [0.1, 0.15) is 0 Å². The maximum Gasteiger partial charge on any atom is 0.251 e. The molecular formula is C19H22N2O2S. The third kappa shape index (κ3) is 4.03. The standard InChI is InChI=1S/C19H22N2O2S/c1-21-11-9-16-7-8-17(13-18(16)21)19(22)20-10-12-24(23)14-15-5-3-2-4-6-15/h2-8,13H,9-12,14H2,1H3,(H,20,22)/t24-/m0/s1. The fourth-order valence-electron chi connectivity index (χ4n) is 2.89. The molecule has 0 aromatic heterocycles. The van der Waals surface area contributed by atoms with Crippen LogP contribution >= 0.6 is 0 Å². The van der Waals surface area contributed by atoms with E-state index in [4.69, 9.17) is 0 Å². The van der Waals surface area contributed by atoms with E-state index in [1.807, 2.05) is 55.6 Å². The second-order valence-corrected chi connectivity index (χ2v) is 7.62. The van der Waals surface area contributed by atoms with E-state index in [1.165, 1.54) is 5.56 Å². The number of fused-ring (bicyclic) bond motifs is 1. The van der Waals surface area contributed by atoms with Gasteiger partial charge in [0, 0.05) is 53.7 Å². The molecule has 1 N–H and O–H groups in total. The fraction of sp³-hybridized carbons (Fsp3) is 0.316. The molecule has 0 unspecified atom stereocenters. The molecule has 0 saturated heterocycles. The Morgan fingerprint density at radius 3 is 2.79 bits per heavy atom. The third-order valence-electron chi connectivity index (χ3n) is 4.26. The Morgan fingerprint density at radius 2 is 2.00 bits per heavy atom. The van der Waals surface area contributed by atoms with Crippen LogP contribution in [0.3, 0.4) is 0 Å². The van der Waals surface area contributed by atoms with Crippen LogP contribution < -0.4 is 10.2 Å². The van der Waals surface area contributed by atoms with E-state index in [-0.39, 0.29) is 5.91 Å². The first-order valence-corrected chi connectivity index (χ1v) is 9.63. The summed E-state index contributed by atoms with van der Waals surface area (Å²) in [5.74, 6) is 0.890. The summed E-state index contributed by atoms with van der Waals surface area (Å²) in [4.78, 5) is 14.4. The molecule has 2 aromatic carbocycles. The summed E-state index contributed by atoms with van der Waals surface area (Å²) in [5, 5.41) is 2.87. The van der Waals surface area contributed by atoms with Gasteiger partial charge in [0.05, 0.1) is 0 Å². The van der Waals surface area contributed by atoms with Gasteiger partial charge >= 0.3 is 0 Å². The van der Waals surface area contributed by atoms with Crippen molar-refractivity contribution >= 4 is 22.4 Å². The first-order valence-electron chi connectivity index (χ1n) is 8.14. The highest BCUT2D eigenvalue weighted by molar-refractivity contribution is 7.84. The van der Waals surface area contributed by atoms with Crippen LogP contribution in [0, 0.1) is 0 Å². The van der Waals surface area contributed by atoms with Crippen LogP contribution in [0.4, 0.5) is 5.69 Å². The summed E-state index contributed by atoms with van der Waals surface area (Å²) in [5.41, 5.74) is 4.15. The molecule has 24 heavy (non-hydrogen) atoms. The van der Waals surface area contributed by atoms with Crippen molar-refractivity contribution in [1.29, 1.82) is 0 Å². The maximum absolute atomic E-state index is 12.3. The van der Waals surface area contributed by atoms with Crippen LogP contribution in [-0.2, 0) is 23.0 Å². The van der Waals surface area contributed by atoms with Crippen molar-refractivity contribution in [2.75, 3.05) is 30.8 Å². The van der Waals surface area contributed by atoms with Gasteiger partial charge in [-0.2, -0.15) is 0 Å². The molecule has 0 aliphatic carbocycles. The molecule has 1 amide bonds. The van der Waals surface area contributed by atoms with Gasteiger partial charge in [-0.05, 0) is 29.7 Å². The lowest BCUT2D eigenvalue weighted by atomic mass is 10.1. The number of hydrogen-bond acceptors (Lipinski definition) is 3. The predicted octanol–water partition coefficient (Wildman–Crippen LogP) is 2.36. The number of nitrogens with one attached hydrogen (secondary N) is 1. The average molecular weight is 342 g/mol. The van der Waals surface area contributed by atoms with Crippen molar-refractivity contribution in [3.63, 3.8) is 0 Å². The fourth-order valence-corrected chi connectivity index (χ4v) is 3.93. The van der Waals surface area contributed by atoms with E-state index in [2.05, 4.69) is 10.2 Å². The van der Waals surface area contributed by atoms with Crippen molar-refractivity contribution in [3.8, 4) is 0 Å². The summed E-state index contributed by atoms with van der Waals surface area (Å²) >= 11 is 0. The van der Waals surface area contributed by atoms with Gasteiger partial charge in [-0.25, -0.2) is 0 Å². The van der Waals surface area contributed by atoms with Gasteiger partial charge in [-0.3, -0.25) is 9.00 Å². The Labute approximate surface area is 145 Å². The number of hydrogen-bond donors (Lipinski definition) is 1. The van der Waals surface area contributed by atoms with E-state index < -0.39 is 10.8 Å². The molecule has 4 nitrogen and oxygen atoms in total. The molecule has 3 rings (SSSR count). The van der Waals surface area contributed by atoms with Crippen molar-refractivity contribution in [3.05, 3.63) is 65.2 Å². The zero-order valence-electron chi connectivity index (χ0n) is 13.8. The summed E-state index contributed by atoms with van der Waals surface area (Å²) in [6.45, 7) is 1.42. The third-order valence-corrected chi connectivity index (χ3v) is 5.58. The number of carbonyl (C=O) groups is 1. The molecule has 5 heteroatoms. The Kier molecular flexibility index (Phi) is 5.30. The lowest BCUT2D eigenvalue weighted by molar-refractivity contribution is 0.0956. The van der Waals surface area contributed by atoms with Gasteiger partial charge in [0.15, 0.2) is 0 Å². The number of likely N-dealkylation sites (N-methyl/N-ethyl adjacent to an activating group) is 1. The quantitative estimate of drug-likeness (QED) is 0.877. The highest BCUT2D eigenvalue weighted by atomic mass is 32.2. The molecule has 0 radical (unpaired) electrons. The molecule has 0 bridgehead atoms. The van der Waals surface area contributed by atoms with Gasteiger partial charge < -0.3 is 10.2 Å². The summed E-state index contributed by atoms with van der Waals surface area (Å²) in [6.07, 6.45) is 1.03. The molecule has 2 aromatic rings. The van der Waals surface area contributed by atoms with Crippen molar-refractivity contribution in [1.82, 2.24) is 5.32 Å². The first-order chi connectivity index (χ1) is 11.6. The maximum atomic E-state index is 12.3. The molecule has 0 saturated carbocycles. The zero-order chi connectivity index (χ0) is 16.9. The number of amides is 1. The summed E-state index contributed by atoms with van der Waals surface area (Å²) < 4.78 is 12.1. The SMILES string of the molecule is CN1CCc2ccc(C(=O)NCC[S@](=O)Cc3ccccc3)cc21. The van der Waals surface area contributed by atoms with Crippen LogP contribution in [0.5, 0.6) is 0 Å². The number of benzene rings is 2. The smallest absolute Gasteiger partial charge is 0.251 e. The molecule has 1 atom stereocenters. The topological polar surface area (TPSA) is 49.4 Å². The number of rotatable bonds is 6. The minimum absolute atomic E-state index is 0.102. The number of anilines is 1. The van der Waals surface area contributed by atoms with E-state index in [9.17, 15) is 9.00 Å². The Morgan fingerprint density at radius 1 is 1.21 bits per heavy atom.